The SMILES string of the molecule is Cc1ccc(C)c2c1[C@@H](N)CC2(C)C. The number of aryl methyl sites for hydroxylation is 2. The molecule has 1 aromatic carbocycles. The second kappa shape index (κ2) is 2.83. The molecule has 0 bridgehead atoms. The molecule has 0 heterocycles. The van der Waals surface area contributed by atoms with E-state index in [9.17, 15) is 0 Å². The van der Waals surface area contributed by atoms with E-state index in [-0.39, 0.29) is 11.5 Å². The van der Waals surface area contributed by atoms with Crippen LogP contribution in [0, 0.1) is 13.8 Å². The molecule has 76 valence electrons. The molecule has 2 rings (SSSR count). The average molecular weight is 189 g/mol. The molecule has 14 heavy (non-hydrogen) atoms. The molecule has 0 amide bonds. The molecule has 1 aliphatic carbocycles. The lowest BCUT2D eigenvalue weighted by molar-refractivity contribution is 0.480. The monoisotopic (exact) mass is 189 g/mol. The van der Waals surface area contributed by atoms with E-state index >= 15 is 0 Å². The van der Waals surface area contributed by atoms with Crippen LogP contribution in [0.4, 0.5) is 0 Å². The largest absolute Gasteiger partial charge is 0.324 e. The Morgan fingerprint density at radius 3 is 2.36 bits per heavy atom. The summed E-state index contributed by atoms with van der Waals surface area (Å²) in [6.07, 6.45) is 1.08. The fourth-order valence-corrected chi connectivity index (χ4v) is 2.96. The summed E-state index contributed by atoms with van der Waals surface area (Å²) in [6.45, 7) is 8.95. The Hall–Kier alpha value is -0.820. The summed E-state index contributed by atoms with van der Waals surface area (Å²) in [5.41, 5.74) is 12.1. The molecule has 0 fully saturated rings. The third-order valence-electron chi connectivity index (χ3n) is 3.45. The Morgan fingerprint density at radius 1 is 1.21 bits per heavy atom. The standard InChI is InChI=1S/C13H19N/c1-8-5-6-9(2)12-11(8)10(14)7-13(12,3)4/h5-6,10H,7,14H2,1-4H3/t10-/m0/s1. The Labute approximate surface area is 86.3 Å². The molecule has 0 saturated heterocycles. The molecule has 1 heteroatoms. The van der Waals surface area contributed by atoms with Gasteiger partial charge in [-0.1, -0.05) is 26.0 Å². The average Bonchev–Trinajstić information content (AvgIpc) is 2.30. The second-order valence-electron chi connectivity index (χ2n) is 5.18. The minimum atomic E-state index is 0.236. The first-order valence-electron chi connectivity index (χ1n) is 5.29. The van der Waals surface area contributed by atoms with Crippen LogP contribution in [0.15, 0.2) is 12.1 Å². The van der Waals surface area contributed by atoms with Crippen LogP contribution in [-0.2, 0) is 5.41 Å². The Bertz CT molecular complexity index is 377. The molecule has 1 nitrogen and oxygen atoms in total. The van der Waals surface area contributed by atoms with E-state index in [0.717, 1.165) is 6.42 Å². The lowest BCUT2D eigenvalue weighted by Crippen LogP contribution is -2.15. The molecule has 0 saturated carbocycles. The van der Waals surface area contributed by atoms with Crippen LogP contribution in [0.3, 0.4) is 0 Å². The first-order chi connectivity index (χ1) is 6.43. The number of benzene rings is 1. The quantitative estimate of drug-likeness (QED) is 0.667. The highest BCUT2D eigenvalue weighted by Crippen LogP contribution is 2.46. The fraction of sp³-hybridized carbons (Fsp3) is 0.538. The molecule has 1 atom stereocenters. The van der Waals surface area contributed by atoms with E-state index < -0.39 is 0 Å². The van der Waals surface area contributed by atoms with Gasteiger partial charge in [0.15, 0.2) is 0 Å². The van der Waals surface area contributed by atoms with Gasteiger partial charge in [0.05, 0.1) is 0 Å². The van der Waals surface area contributed by atoms with Crippen LogP contribution < -0.4 is 5.73 Å². The molecule has 0 unspecified atom stereocenters. The van der Waals surface area contributed by atoms with Crippen molar-refractivity contribution in [2.24, 2.45) is 5.73 Å². The summed E-state index contributed by atoms with van der Waals surface area (Å²) in [6, 6.07) is 4.64. The first-order valence-corrected chi connectivity index (χ1v) is 5.29. The van der Waals surface area contributed by atoms with Gasteiger partial charge in [-0.3, -0.25) is 0 Å². The summed E-state index contributed by atoms with van der Waals surface area (Å²) < 4.78 is 0. The summed E-state index contributed by atoms with van der Waals surface area (Å²) in [7, 11) is 0. The third-order valence-corrected chi connectivity index (χ3v) is 3.45. The summed E-state index contributed by atoms with van der Waals surface area (Å²) in [5, 5.41) is 0. The van der Waals surface area contributed by atoms with Gasteiger partial charge in [-0.15, -0.1) is 0 Å². The topological polar surface area (TPSA) is 26.0 Å². The van der Waals surface area contributed by atoms with Gasteiger partial charge in [-0.2, -0.15) is 0 Å². The van der Waals surface area contributed by atoms with Crippen LogP contribution in [0.25, 0.3) is 0 Å². The van der Waals surface area contributed by atoms with Crippen molar-refractivity contribution in [3.05, 3.63) is 34.4 Å². The van der Waals surface area contributed by atoms with Gasteiger partial charge in [0, 0.05) is 6.04 Å². The zero-order valence-corrected chi connectivity index (χ0v) is 9.52. The summed E-state index contributed by atoms with van der Waals surface area (Å²) in [5.74, 6) is 0. The number of fused-ring (bicyclic) bond motifs is 1. The van der Waals surface area contributed by atoms with Gasteiger partial charge in [-0.25, -0.2) is 0 Å². The van der Waals surface area contributed by atoms with Crippen molar-refractivity contribution in [2.75, 3.05) is 0 Å². The summed E-state index contributed by atoms with van der Waals surface area (Å²) >= 11 is 0. The Balaban J connectivity index is 2.73. The van der Waals surface area contributed by atoms with Crippen LogP contribution in [0.2, 0.25) is 0 Å². The minimum Gasteiger partial charge on any atom is -0.324 e. The number of hydrogen-bond acceptors (Lipinski definition) is 1. The van der Waals surface area contributed by atoms with Gasteiger partial charge in [-0.05, 0) is 47.9 Å². The van der Waals surface area contributed by atoms with Crippen molar-refractivity contribution in [3.8, 4) is 0 Å². The minimum absolute atomic E-state index is 0.236. The van der Waals surface area contributed by atoms with Crippen LogP contribution >= 0.6 is 0 Å². The molecule has 1 aromatic rings. The molecular weight excluding hydrogens is 170 g/mol. The van der Waals surface area contributed by atoms with E-state index in [2.05, 4.69) is 39.8 Å². The Morgan fingerprint density at radius 2 is 1.79 bits per heavy atom. The molecule has 1 aliphatic rings. The number of hydrogen-bond donors (Lipinski definition) is 1. The maximum atomic E-state index is 6.19. The predicted molar refractivity (Wildman–Crippen MR) is 60.5 cm³/mol. The van der Waals surface area contributed by atoms with Crippen LogP contribution in [0.1, 0.15) is 48.6 Å². The van der Waals surface area contributed by atoms with Crippen molar-refractivity contribution in [1.82, 2.24) is 0 Å². The lowest BCUT2D eigenvalue weighted by Gasteiger charge is -2.21. The maximum absolute atomic E-state index is 6.19. The fourth-order valence-electron chi connectivity index (χ4n) is 2.96. The van der Waals surface area contributed by atoms with E-state index in [1.807, 2.05) is 0 Å². The molecule has 0 aromatic heterocycles. The highest BCUT2D eigenvalue weighted by atomic mass is 14.7. The van der Waals surface area contributed by atoms with Crippen molar-refractivity contribution < 1.29 is 0 Å². The predicted octanol–water partition coefficient (Wildman–Crippen LogP) is 2.98. The van der Waals surface area contributed by atoms with Gasteiger partial charge in [0.1, 0.15) is 0 Å². The van der Waals surface area contributed by atoms with Gasteiger partial charge < -0.3 is 5.73 Å². The smallest absolute Gasteiger partial charge is 0.0308 e. The van der Waals surface area contributed by atoms with Crippen molar-refractivity contribution in [1.29, 1.82) is 0 Å². The maximum Gasteiger partial charge on any atom is 0.0308 e. The molecule has 0 radical (unpaired) electrons. The molecule has 0 aliphatic heterocycles. The second-order valence-corrected chi connectivity index (χ2v) is 5.18. The number of rotatable bonds is 0. The molecule has 2 N–H and O–H groups in total. The van der Waals surface area contributed by atoms with Gasteiger partial charge in [0.25, 0.3) is 0 Å². The highest BCUT2D eigenvalue weighted by Gasteiger charge is 2.36. The zero-order chi connectivity index (χ0) is 10.5. The van der Waals surface area contributed by atoms with E-state index in [1.54, 1.807) is 0 Å². The van der Waals surface area contributed by atoms with E-state index in [1.165, 1.54) is 22.3 Å². The van der Waals surface area contributed by atoms with Crippen LogP contribution in [0.5, 0.6) is 0 Å². The van der Waals surface area contributed by atoms with E-state index in [4.69, 9.17) is 5.73 Å². The molecule has 0 spiro atoms. The molecular formula is C13H19N. The van der Waals surface area contributed by atoms with Crippen molar-refractivity contribution in [2.45, 2.75) is 45.6 Å². The van der Waals surface area contributed by atoms with Gasteiger partial charge in [0.2, 0.25) is 0 Å². The number of nitrogens with two attached hydrogens (primary N) is 1. The van der Waals surface area contributed by atoms with Crippen molar-refractivity contribution in [3.63, 3.8) is 0 Å². The van der Waals surface area contributed by atoms with Gasteiger partial charge >= 0.3 is 0 Å². The normalized spacial score (nSPS) is 23.6. The van der Waals surface area contributed by atoms with Crippen molar-refractivity contribution >= 4 is 0 Å². The van der Waals surface area contributed by atoms with E-state index in [0.29, 0.717) is 0 Å². The highest BCUT2D eigenvalue weighted by molar-refractivity contribution is 5.49. The third kappa shape index (κ3) is 1.19. The zero-order valence-electron chi connectivity index (χ0n) is 9.52. The van der Waals surface area contributed by atoms with Crippen LogP contribution in [-0.4, -0.2) is 0 Å². The Kier molecular flexibility index (Phi) is 1.97. The lowest BCUT2D eigenvalue weighted by atomic mass is 9.83. The first kappa shape index (κ1) is 9.72. The summed E-state index contributed by atoms with van der Waals surface area (Å²) in [4.78, 5) is 0.